The Kier molecular flexibility index (Phi) is 4.79. The highest BCUT2D eigenvalue weighted by molar-refractivity contribution is 5.99. The van der Waals surface area contributed by atoms with E-state index in [1.54, 1.807) is 23.9 Å². The molecule has 3 aliphatic heterocycles. The second-order valence-corrected chi connectivity index (χ2v) is 7.95. The molecule has 2 atom stereocenters. The van der Waals surface area contributed by atoms with Crippen molar-refractivity contribution < 1.29 is 14.4 Å². The Morgan fingerprint density at radius 2 is 1.79 bits per heavy atom. The van der Waals surface area contributed by atoms with Crippen LogP contribution < -0.4 is 0 Å². The van der Waals surface area contributed by atoms with E-state index in [-0.39, 0.29) is 36.2 Å². The zero-order chi connectivity index (χ0) is 19.8. The lowest BCUT2D eigenvalue weighted by Crippen LogP contribution is -2.51. The van der Waals surface area contributed by atoms with E-state index in [4.69, 9.17) is 0 Å². The van der Waals surface area contributed by atoms with Crippen molar-refractivity contribution in [2.45, 2.75) is 18.9 Å². The van der Waals surface area contributed by atoms with Gasteiger partial charge in [0, 0.05) is 38.8 Å². The van der Waals surface area contributed by atoms with Gasteiger partial charge in [0.2, 0.25) is 11.8 Å². The van der Waals surface area contributed by atoms with Crippen LogP contribution in [-0.4, -0.2) is 72.2 Å². The first-order valence-electron chi connectivity index (χ1n) is 9.73. The van der Waals surface area contributed by atoms with Crippen molar-refractivity contribution in [1.82, 2.24) is 14.7 Å². The maximum Gasteiger partial charge on any atom is 0.253 e. The van der Waals surface area contributed by atoms with Gasteiger partial charge in [-0.2, -0.15) is 0 Å². The van der Waals surface area contributed by atoms with Crippen LogP contribution in [-0.2, 0) is 9.59 Å². The minimum absolute atomic E-state index is 0.000242. The maximum atomic E-state index is 13.2. The number of nitrogens with zero attached hydrogens (tertiary/aromatic N) is 3. The molecule has 0 aliphatic carbocycles. The zero-order valence-corrected chi connectivity index (χ0v) is 16.3. The van der Waals surface area contributed by atoms with Gasteiger partial charge >= 0.3 is 0 Å². The van der Waals surface area contributed by atoms with Gasteiger partial charge < -0.3 is 14.7 Å². The van der Waals surface area contributed by atoms with Crippen LogP contribution in [0.3, 0.4) is 0 Å². The fourth-order valence-corrected chi connectivity index (χ4v) is 4.21. The maximum absolute atomic E-state index is 13.2. The predicted molar refractivity (Wildman–Crippen MR) is 107 cm³/mol. The number of carbonyl (C=O) groups excluding carboxylic acids is 3. The van der Waals surface area contributed by atoms with Gasteiger partial charge in [0.25, 0.3) is 5.91 Å². The first-order chi connectivity index (χ1) is 13.4. The molecule has 0 N–H and O–H groups in total. The topological polar surface area (TPSA) is 60.9 Å². The van der Waals surface area contributed by atoms with Crippen molar-refractivity contribution in [2.24, 2.45) is 5.92 Å². The Morgan fingerprint density at radius 1 is 1.04 bits per heavy atom. The van der Waals surface area contributed by atoms with Crippen molar-refractivity contribution in [3.8, 4) is 0 Å². The number of piperidine rings is 1. The van der Waals surface area contributed by atoms with E-state index in [1.165, 1.54) is 4.90 Å². The largest absolute Gasteiger partial charge is 0.347 e. The first-order valence-corrected chi connectivity index (χ1v) is 9.73. The summed E-state index contributed by atoms with van der Waals surface area (Å²) in [5.74, 6) is -0.358. The summed E-state index contributed by atoms with van der Waals surface area (Å²) in [6.07, 6.45) is 1.61. The van der Waals surface area contributed by atoms with Crippen LogP contribution in [0.4, 0.5) is 0 Å². The van der Waals surface area contributed by atoms with E-state index >= 15 is 0 Å². The highest BCUT2D eigenvalue weighted by Crippen LogP contribution is 2.30. The lowest BCUT2D eigenvalue weighted by atomic mass is 9.94. The number of likely N-dealkylation sites (N-methyl/N-ethyl adjacent to an activating group) is 1. The fourth-order valence-electron chi connectivity index (χ4n) is 4.21. The van der Waals surface area contributed by atoms with Crippen molar-refractivity contribution in [3.05, 3.63) is 48.0 Å². The number of hydrogen-bond acceptors (Lipinski definition) is 3. The van der Waals surface area contributed by atoms with Gasteiger partial charge in [-0.15, -0.1) is 0 Å². The Balaban J connectivity index is 1.57. The van der Waals surface area contributed by atoms with E-state index in [0.717, 1.165) is 23.6 Å². The Labute approximate surface area is 164 Å². The fraction of sp³-hybridized carbons (Fsp3) is 0.409. The van der Waals surface area contributed by atoms with E-state index in [0.29, 0.717) is 18.7 Å². The predicted octanol–water partition coefficient (Wildman–Crippen LogP) is 1.99. The molecule has 6 nitrogen and oxygen atoms in total. The molecule has 2 aromatic carbocycles. The summed E-state index contributed by atoms with van der Waals surface area (Å²) in [4.78, 5) is 43.2. The third-order valence-corrected chi connectivity index (χ3v) is 5.88. The molecule has 3 aliphatic rings. The van der Waals surface area contributed by atoms with Gasteiger partial charge in [-0.3, -0.25) is 14.4 Å². The minimum atomic E-state index is -0.224. The van der Waals surface area contributed by atoms with E-state index < -0.39 is 0 Å². The van der Waals surface area contributed by atoms with Gasteiger partial charge in [0.15, 0.2) is 0 Å². The molecule has 0 unspecified atom stereocenters. The molecule has 3 amide bonds. The summed E-state index contributed by atoms with van der Waals surface area (Å²) >= 11 is 0. The normalized spacial score (nSPS) is 21.7. The van der Waals surface area contributed by atoms with Crippen LogP contribution in [0.2, 0.25) is 0 Å². The number of benzene rings is 2. The molecule has 0 saturated carbocycles. The molecular formula is C22H25N3O3. The molecule has 0 spiro atoms. The highest BCUT2D eigenvalue weighted by Gasteiger charge is 2.42. The summed E-state index contributed by atoms with van der Waals surface area (Å²) in [7, 11) is 3.39. The molecule has 0 radical (unpaired) electrons. The molecule has 3 heterocycles. The van der Waals surface area contributed by atoms with Crippen molar-refractivity contribution in [2.75, 3.05) is 33.7 Å². The minimum Gasteiger partial charge on any atom is -0.347 e. The molecular weight excluding hydrogens is 354 g/mol. The summed E-state index contributed by atoms with van der Waals surface area (Å²) in [5.41, 5.74) is 0.642. The standard InChI is InChI=1S/C22H25N3O3/c1-23(2)20(26)14-25-19-10-9-18(22(25)28)12-24(13-19)21(27)17-8-7-15-5-3-4-6-16(15)11-17/h3-8,11,18-19H,9-10,12-14H2,1-2H3/t18-,19+/m1/s1. The van der Waals surface area contributed by atoms with E-state index in [9.17, 15) is 14.4 Å². The average molecular weight is 379 g/mol. The number of amides is 3. The van der Waals surface area contributed by atoms with Gasteiger partial charge in [0.05, 0.1) is 5.92 Å². The molecule has 3 fully saturated rings. The summed E-state index contributed by atoms with van der Waals surface area (Å²) in [6.45, 7) is 0.993. The molecule has 2 bridgehead atoms. The molecule has 3 saturated heterocycles. The SMILES string of the molecule is CN(C)C(=O)CN1C(=O)[C@@H]2CC[C@H]1CN(C(=O)c1ccc3ccccc3c1)C2. The van der Waals surface area contributed by atoms with Crippen LogP contribution in [0.5, 0.6) is 0 Å². The number of rotatable bonds is 3. The Bertz CT molecular complexity index is 940. The quantitative estimate of drug-likeness (QED) is 0.819. The van der Waals surface area contributed by atoms with Gasteiger partial charge in [-0.05, 0) is 35.7 Å². The average Bonchev–Trinajstić information content (AvgIpc) is 2.99. The molecule has 6 heteroatoms. The Morgan fingerprint density at radius 3 is 2.54 bits per heavy atom. The third-order valence-electron chi connectivity index (χ3n) is 5.88. The van der Waals surface area contributed by atoms with Gasteiger partial charge in [0.1, 0.15) is 6.54 Å². The first kappa shape index (κ1) is 18.5. The van der Waals surface area contributed by atoms with E-state index in [1.807, 2.05) is 42.5 Å². The van der Waals surface area contributed by atoms with E-state index in [2.05, 4.69) is 0 Å². The molecule has 146 valence electrons. The second kappa shape index (κ2) is 7.26. The van der Waals surface area contributed by atoms with Crippen molar-refractivity contribution in [1.29, 1.82) is 0 Å². The monoisotopic (exact) mass is 379 g/mol. The molecule has 28 heavy (non-hydrogen) atoms. The van der Waals surface area contributed by atoms with Crippen LogP contribution in [0, 0.1) is 5.92 Å². The summed E-state index contributed by atoms with van der Waals surface area (Å²) < 4.78 is 0. The van der Waals surface area contributed by atoms with Crippen LogP contribution in [0.25, 0.3) is 10.8 Å². The zero-order valence-electron chi connectivity index (χ0n) is 16.3. The van der Waals surface area contributed by atoms with Gasteiger partial charge in [-0.1, -0.05) is 30.3 Å². The Hall–Kier alpha value is -2.89. The van der Waals surface area contributed by atoms with Crippen molar-refractivity contribution in [3.63, 3.8) is 0 Å². The highest BCUT2D eigenvalue weighted by atomic mass is 16.2. The number of carbonyl (C=O) groups is 3. The summed E-state index contributed by atoms with van der Waals surface area (Å²) in [5, 5.41) is 2.12. The molecule has 0 aromatic heterocycles. The van der Waals surface area contributed by atoms with Crippen LogP contribution in [0.15, 0.2) is 42.5 Å². The number of fused-ring (bicyclic) bond motifs is 5. The smallest absolute Gasteiger partial charge is 0.253 e. The van der Waals surface area contributed by atoms with Gasteiger partial charge in [-0.25, -0.2) is 0 Å². The van der Waals surface area contributed by atoms with Crippen LogP contribution in [0.1, 0.15) is 23.2 Å². The van der Waals surface area contributed by atoms with Crippen LogP contribution >= 0.6 is 0 Å². The second-order valence-electron chi connectivity index (χ2n) is 7.95. The molecule has 5 rings (SSSR count). The lowest BCUT2D eigenvalue weighted by Gasteiger charge is -2.35. The van der Waals surface area contributed by atoms with Crippen molar-refractivity contribution >= 4 is 28.5 Å². The third kappa shape index (κ3) is 3.35. The molecule has 2 aromatic rings. The lowest BCUT2D eigenvalue weighted by molar-refractivity contribution is -0.145. The summed E-state index contributed by atoms with van der Waals surface area (Å²) in [6, 6.07) is 13.6. The number of hydrogen-bond donors (Lipinski definition) is 0.